The van der Waals surface area contributed by atoms with E-state index in [4.69, 9.17) is 19.4 Å². The van der Waals surface area contributed by atoms with Crippen molar-refractivity contribution in [1.29, 1.82) is 0 Å². The summed E-state index contributed by atoms with van der Waals surface area (Å²) >= 11 is 1.70. The van der Waals surface area contributed by atoms with Crippen LogP contribution in [0, 0.1) is 0 Å². The normalized spacial score (nSPS) is 13.3. The molecule has 0 saturated carbocycles. The summed E-state index contributed by atoms with van der Waals surface area (Å²) in [6, 6.07) is 44.2. The quantitative estimate of drug-likeness (QED) is 0.190. The number of nitrogens with zero attached hydrogens (tertiary/aromatic N) is 4. The molecular weight excluding hydrogens is 621 g/mol. The smallest absolute Gasteiger partial charge is 0.167 e. The molecule has 0 amide bonds. The van der Waals surface area contributed by atoms with Crippen LogP contribution in [0.25, 0.3) is 88.6 Å². The van der Waals surface area contributed by atoms with Crippen molar-refractivity contribution >= 4 is 43.5 Å². The van der Waals surface area contributed by atoms with E-state index in [2.05, 4.69) is 79.5 Å². The molecule has 0 atom stereocenters. The van der Waals surface area contributed by atoms with Gasteiger partial charge in [0.15, 0.2) is 17.5 Å². The van der Waals surface area contributed by atoms with Gasteiger partial charge in [0.2, 0.25) is 0 Å². The van der Waals surface area contributed by atoms with E-state index in [0.717, 1.165) is 55.3 Å². The Bertz CT molecular complexity index is 2690. The maximum Gasteiger partial charge on any atom is 0.167 e. The van der Waals surface area contributed by atoms with Crippen LogP contribution in [0.4, 0.5) is 0 Å². The Kier molecular flexibility index (Phi) is 6.02. The molecule has 49 heavy (non-hydrogen) atoms. The third-order valence-electron chi connectivity index (χ3n) is 9.90. The summed E-state index contributed by atoms with van der Waals surface area (Å²) < 4.78 is 8.11. The molecule has 0 bridgehead atoms. The van der Waals surface area contributed by atoms with E-state index in [1.165, 1.54) is 27.0 Å². The summed E-state index contributed by atoms with van der Waals surface area (Å²) in [6.07, 6.45) is 0. The Labute approximate surface area is 286 Å². The lowest BCUT2D eigenvalue weighted by atomic mass is 9.82. The molecule has 0 N–H and O–H groups in total. The lowest BCUT2D eigenvalue weighted by Crippen LogP contribution is -2.14. The molecule has 0 unspecified atom stereocenters. The minimum absolute atomic E-state index is 0.0939. The van der Waals surface area contributed by atoms with Crippen LogP contribution in [0.5, 0.6) is 0 Å². The van der Waals surface area contributed by atoms with Gasteiger partial charge in [-0.2, -0.15) is 0 Å². The summed E-state index contributed by atoms with van der Waals surface area (Å²) in [5, 5.41) is 2.08. The van der Waals surface area contributed by atoms with Crippen LogP contribution in [0.15, 0.2) is 137 Å². The first-order valence-corrected chi connectivity index (χ1v) is 17.3. The Balaban J connectivity index is 1.16. The largest absolute Gasteiger partial charge is 0.455 e. The SMILES string of the molecule is CC1(C)c2ccc(-c3cccc4c3oc3c(-c5nc(-c6ccccc6)nc(-c6ccccc6)n5)cccc34)cc2-c2cc3ncsc3cc21. The van der Waals surface area contributed by atoms with Crippen LogP contribution in [0.3, 0.4) is 0 Å². The molecule has 9 aromatic rings. The van der Waals surface area contributed by atoms with E-state index < -0.39 is 0 Å². The fraction of sp³-hybridized carbons (Fsp3) is 0.0698. The Morgan fingerprint density at radius 3 is 1.82 bits per heavy atom. The van der Waals surface area contributed by atoms with E-state index in [1.54, 1.807) is 11.3 Å². The zero-order valence-electron chi connectivity index (χ0n) is 26.8. The fourth-order valence-electron chi connectivity index (χ4n) is 7.42. The summed E-state index contributed by atoms with van der Waals surface area (Å²) in [6.45, 7) is 4.64. The molecule has 3 heterocycles. The minimum Gasteiger partial charge on any atom is -0.455 e. The van der Waals surface area contributed by atoms with Gasteiger partial charge in [0.25, 0.3) is 0 Å². The lowest BCUT2D eigenvalue weighted by molar-refractivity contribution is 0.661. The summed E-state index contributed by atoms with van der Waals surface area (Å²) in [4.78, 5) is 19.5. The maximum atomic E-state index is 6.88. The van der Waals surface area contributed by atoms with Gasteiger partial charge in [0.05, 0.1) is 21.3 Å². The molecule has 232 valence electrons. The molecule has 0 fully saturated rings. The van der Waals surface area contributed by atoms with E-state index in [1.807, 2.05) is 72.2 Å². The van der Waals surface area contributed by atoms with Crippen LogP contribution in [-0.2, 0) is 5.41 Å². The molecule has 5 nitrogen and oxygen atoms in total. The molecule has 0 aliphatic heterocycles. The first-order valence-electron chi connectivity index (χ1n) is 16.4. The highest BCUT2D eigenvalue weighted by Gasteiger charge is 2.36. The van der Waals surface area contributed by atoms with Gasteiger partial charge in [-0.3, -0.25) is 0 Å². The van der Waals surface area contributed by atoms with Crippen molar-refractivity contribution in [2.45, 2.75) is 19.3 Å². The molecule has 0 radical (unpaired) electrons. The molecule has 1 aliphatic rings. The van der Waals surface area contributed by atoms with Crippen molar-refractivity contribution in [3.8, 4) is 56.4 Å². The number of hydrogen-bond acceptors (Lipinski definition) is 6. The molecule has 0 spiro atoms. The topological polar surface area (TPSA) is 64.7 Å². The molecule has 1 aliphatic carbocycles. The first-order chi connectivity index (χ1) is 24.0. The van der Waals surface area contributed by atoms with E-state index in [9.17, 15) is 0 Å². The van der Waals surface area contributed by atoms with Gasteiger partial charge in [-0.05, 0) is 52.1 Å². The number of benzene rings is 6. The molecule has 6 aromatic carbocycles. The number of fused-ring (bicyclic) bond motifs is 7. The summed E-state index contributed by atoms with van der Waals surface area (Å²) in [7, 11) is 0. The van der Waals surface area contributed by atoms with Gasteiger partial charge in [-0.25, -0.2) is 19.9 Å². The Hall–Kier alpha value is -5.98. The van der Waals surface area contributed by atoms with E-state index >= 15 is 0 Å². The maximum absolute atomic E-state index is 6.88. The number of rotatable bonds is 4. The summed E-state index contributed by atoms with van der Waals surface area (Å²) in [5.74, 6) is 1.81. The molecule has 0 saturated heterocycles. The number of thiazole rings is 1. The average molecular weight is 649 g/mol. The van der Waals surface area contributed by atoms with Gasteiger partial charge in [-0.1, -0.05) is 117 Å². The van der Waals surface area contributed by atoms with Gasteiger partial charge in [-0.15, -0.1) is 11.3 Å². The number of furan rings is 1. The number of aromatic nitrogens is 4. The first kappa shape index (κ1) is 28.1. The minimum atomic E-state index is -0.0939. The second-order valence-corrected chi connectivity index (χ2v) is 14.0. The summed E-state index contributed by atoms with van der Waals surface area (Å²) in [5.41, 5.74) is 14.6. The van der Waals surface area contributed by atoms with Crippen molar-refractivity contribution in [1.82, 2.24) is 19.9 Å². The van der Waals surface area contributed by atoms with Crippen molar-refractivity contribution in [2.24, 2.45) is 0 Å². The Morgan fingerprint density at radius 1 is 0.510 bits per heavy atom. The van der Waals surface area contributed by atoms with Crippen molar-refractivity contribution in [2.75, 3.05) is 0 Å². The number of para-hydroxylation sites is 2. The molecule has 6 heteroatoms. The highest BCUT2D eigenvalue weighted by Crippen LogP contribution is 2.51. The second-order valence-electron chi connectivity index (χ2n) is 13.1. The van der Waals surface area contributed by atoms with E-state index in [0.29, 0.717) is 17.5 Å². The van der Waals surface area contributed by atoms with Crippen LogP contribution in [-0.4, -0.2) is 19.9 Å². The number of hydrogen-bond donors (Lipinski definition) is 0. The average Bonchev–Trinajstić information content (AvgIpc) is 3.84. The standard InChI is InChI=1S/C43H28N4OS/c1-43(2)34-20-19-27(21-32(34)33-22-36-37(23-35(33)43)49-24-44-36)28-15-9-16-29-30-17-10-18-31(39(30)48-38(28)29)42-46-40(25-11-5-3-6-12-25)45-41(47-42)26-13-7-4-8-14-26/h3-24H,1-2H3. The van der Waals surface area contributed by atoms with Gasteiger partial charge in [0, 0.05) is 32.9 Å². The van der Waals surface area contributed by atoms with Gasteiger partial charge in [0.1, 0.15) is 11.2 Å². The predicted octanol–water partition coefficient (Wildman–Crippen LogP) is 11.4. The molecule has 3 aromatic heterocycles. The highest BCUT2D eigenvalue weighted by molar-refractivity contribution is 7.16. The van der Waals surface area contributed by atoms with Crippen molar-refractivity contribution in [3.63, 3.8) is 0 Å². The van der Waals surface area contributed by atoms with E-state index in [-0.39, 0.29) is 5.41 Å². The van der Waals surface area contributed by atoms with Crippen LogP contribution in [0.1, 0.15) is 25.0 Å². The zero-order valence-corrected chi connectivity index (χ0v) is 27.6. The fourth-order valence-corrected chi connectivity index (χ4v) is 8.12. The Morgan fingerprint density at radius 2 is 1.12 bits per heavy atom. The van der Waals surface area contributed by atoms with Crippen molar-refractivity contribution < 1.29 is 4.42 Å². The second kappa shape index (κ2) is 10.5. The van der Waals surface area contributed by atoms with Crippen LogP contribution < -0.4 is 0 Å². The highest BCUT2D eigenvalue weighted by atomic mass is 32.1. The monoisotopic (exact) mass is 648 g/mol. The lowest BCUT2D eigenvalue weighted by Gasteiger charge is -2.21. The third kappa shape index (κ3) is 4.31. The predicted molar refractivity (Wildman–Crippen MR) is 200 cm³/mol. The van der Waals surface area contributed by atoms with Gasteiger partial charge >= 0.3 is 0 Å². The third-order valence-corrected chi connectivity index (χ3v) is 10.7. The molecule has 10 rings (SSSR count). The van der Waals surface area contributed by atoms with Crippen LogP contribution in [0.2, 0.25) is 0 Å². The van der Waals surface area contributed by atoms with Crippen LogP contribution >= 0.6 is 11.3 Å². The van der Waals surface area contributed by atoms with Gasteiger partial charge < -0.3 is 4.42 Å². The van der Waals surface area contributed by atoms with Crippen molar-refractivity contribution in [3.05, 3.63) is 144 Å². The zero-order chi connectivity index (χ0) is 32.7. The molecular formula is C43H28N4OS.